The van der Waals surface area contributed by atoms with E-state index in [4.69, 9.17) is 10.5 Å². The molecule has 0 radical (unpaired) electrons. The minimum Gasteiger partial charge on any atom is -0.497 e. The SMILES string of the molecule is COc1ccc2c(=O)c(C(=O)N3CCC(O)(CN)CC3)c[nH]c2c1. The fourth-order valence-electron chi connectivity index (χ4n) is 2.99. The van der Waals surface area contributed by atoms with Gasteiger partial charge in [0.2, 0.25) is 5.43 Å². The summed E-state index contributed by atoms with van der Waals surface area (Å²) in [5, 5.41) is 10.6. The van der Waals surface area contributed by atoms with Crippen molar-refractivity contribution in [1.82, 2.24) is 9.88 Å². The summed E-state index contributed by atoms with van der Waals surface area (Å²) in [7, 11) is 1.55. The zero-order valence-electron chi connectivity index (χ0n) is 13.5. The molecule has 2 aromatic rings. The number of piperidine rings is 1. The third-order valence-corrected chi connectivity index (χ3v) is 4.68. The van der Waals surface area contributed by atoms with Crippen molar-refractivity contribution in [1.29, 1.82) is 0 Å². The number of pyridine rings is 1. The van der Waals surface area contributed by atoms with Gasteiger partial charge in [-0.25, -0.2) is 0 Å². The van der Waals surface area contributed by atoms with Crippen molar-refractivity contribution in [3.05, 3.63) is 40.2 Å². The van der Waals surface area contributed by atoms with Gasteiger partial charge < -0.3 is 25.5 Å². The van der Waals surface area contributed by atoms with Crippen LogP contribution in [0.15, 0.2) is 29.2 Å². The minimum absolute atomic E-state index is 0.103. The van der Waals surface area contributed by atoms with Crippen LogP contribution < -0.4 is 15.9 Å². The summed E-state index contributed by atoms with van der Waals surface area (Å²) in [5.74, 6) is 0.308. The van der Waals surface area contributed by atoms with Gasteiger partial charge in [-0.1, -0.05) is 0 Å². The molecule has 7 heteroatoms. The Morgan fingerprint density at radius 3 is 2.75 bits per heavy atom. The molecule has 0 unspecified atom stereocenters. The van der Waals surface area contributed by atoms with Crippen molar-refractivity contribution in [3.63, 3.8) is 0 Å². The predicted molar refractivity (Wildman–Crippen MR) is 90.3 cm³/mol. The summed E-state index contributed by atoms with van der Waals surface area (Å²) in [6.07, 6.45) is 2.27. The zero-order chi connectivity index (χ0) is 17.3. The first-order valence-corrected chi connectivity index (χ1v) is 7.88. The van der Waals surface area contributed by atoms with Crippen molar-refractivity contribution in [2.45, 2.75) is 18.4 Å². The van der Waals surface area contributed by atoms with Crippen LogP contribution in [0.5, 0.6) is 5.75 Å². The Bertz CT molecular complexity index is 822. The minimum atomic E-state index is -0.914. The zero-order valence-corrected chi connectivity index (χ0v) is 13.5. The fourth-order valence-corrected chi connectivity index (χ4v) is 2.99. The van der Waals surface area contributed by atoms with Crippen LogP contribution in [0, 0.1) is 0 Å². The van der Waals surface area contributed by atoms with Gasteiger partial charge in [-0.15, -0.1) is 0 Å². The van der Waals surface area contributed by atoms with Gasteiger partial charge in [0, 0.05) is 37.3 Å². The maximum absolute atomic E-state index is 12.7. The van der Waals surface area contributed by atoms with Crippen LogP contribution in [-0.4, -0.2) is 53.2 Å². The first-order valence-electron chi connectivity index (χ1n) is 7.88. The van der Waals surface area contributed by atoms with E-state index < -0.39 is 5.60 Å². The molecule has 4 N–H and O–H groups in total. The van der Waals surface area contributed by atoms with Crippen molar-refractivity contribution in [2.24, 2.45) is 5.73 Å². The van der Waals surface area contributed by atoms with Gasteiger partial charge in [-0.2, -0.15) is 0 Å². The number of nitrogens with one attached hydrogen (secondary N) is 1. The second-order valence-corrected chi connectivity index (χ2v) is 6.16. The van der Waals surface area contributed by atoms with Crippen LogP contribution in [-0.2, 0) is 0 Å². The highest BCUT2D eigenvalue weighted by Gasteiger charge is 2.33. The van der Waals surface area contributed by atoms with Crippen LogP contribution in [0.25, 0.3) is 10.9 Å². The molecule has 2 heterocycles. The van der Waals surface area contributed by atoms with E-state index in [2.05, 4.69) is 4.98 Å². The number of benzene rings is 1. The van der Waals surface area contributed by atoms with Gasteiger partial charge in [0.15, 0.2) is 0 Å². The highest BCUT2D eigenvalue weighted by molar-refractivity contribution is 5.97. The predicted octanol–water partition coefficient (Wildman–Crippen LogP) is 0.463. The monoisotopic (exact) mass is 331 g/mol. The van der Waals surface area contributed by atoms with Crippen LogP contribution in [0.1, 0.15) is 23.2 Å². The van der Waals surface area contributed by atoms with Gasteiger partial charge in [0.1, 0.15) is 11.3 Å². The largest absolute Gasteiger partial charge is 0.497 e. The lowest BCUT2D eigenvalue weighted by Gasteiger charge is -2.37. The number of fused-ring (bicyclic) bond motifs is 1. The molecule has 1 aliphatic heterocycles. The van der Waals surface area contributed by atoms with Crippen LogP contribution in [0.2, 0.25) is 0 Å². The normalized spacial score (nSPS) is 17.0. The molecule has 1 aliphatic rings. The number of H-pyrrole nitrogens is 1. The molecule has 1 amide bonds. The number of rotatable bonds is 3. The highest BCUT2D eigenvalue weighted by Crippen LogP contribution is 2.22. The summed E-state index contributed by atoms with van der Waals surface area (Å²) in [5.41, 5.74) is 5.06. The first-order chi connectivity index (χ1) is 11.5. The van der Waals surface area contributed by atoms with Gasteiger partial charge in [-0.05, 0) is 25.0 Å². The second-order valence-electron chi connectivity index (χ2n) is 6.16. The van der Waals surface area contributed by atoms with Crippen molar-refractivity contribution in [3.8, 4) is 5.75 Å². The Morgan fingerprint density at radius 2 is 2.12 bits per heavy atom. The molecule has 24 heavy (non-hydrogen) atoms. The summed E-state index contributed by atoms with van der Waals surface area (Å²) in [4.78, 5) is 29.8. The first kappa shape index (κ1) is 16.5. The van der Waals surface area contributed by atoms with E-state index in [9.17, 15) is 14.7 Å². The molecule has 0 saturated carbocycles. The maximum atomic E-state index is 12.7. The Morgan fingerprint density at radius 1 is 1.42 bits per heavy atom. The lowest BCUT2D eigenvalue weighted by Crippen LogP contribution is -2.50. The molecule has 0 bridgehead atoms. The molecule has 128 valence electrons. The van der Waals surface area contributed by atoms with E-state index in [1.54, 1.807) is 30.2 Å². The summed E-state index contributed by atoms with van der Waals surface area (Å²) in [6, 6.07) is 5.05. The Kier molecular flexibility index (Phi) is 4.29. The molecule has 1 aromatic heterocycles. The van der Waals surface area contributed by atoms with Gasteiger partial charge >= 0.3 is 0 Å². The standard InChI is InChI=1S/C17H21N3O4/c1-24-11-2-3-12-14(8-11)19-9-13(15(12)21)16(22)20-6-4-17(23,10-18)5-7-20/h2-3,8-9,23H,4-7,10,18H2,1H3,(H,19,21). The maximum Gasteiger partial charge on any atom is 0.259 e. The molecule has 1 saturated heterocycles. The van der Waals surface area contributed by atoms with E-state index in [-0.39, 0.29) is 23.4 Å². The van der Waals surface area contributed by atoms with Crippen molar-refractivity contribution >= 4 is 16.8 Å². The second kappa shape index (κ2) is 6.26. The third kappa shape index (κ3) is 2.88. The average Bonchev–Trinajstić information content (AvgIpc) is 2.62. The van der Waals surface area contributed by atoms with Gasteiger partial charge in [0.25, 0.3) is 5.91 Å². The molecule has 0 aliphatic carbocycles. The molecule has 1 fully saturated rings. The van der Waals surface area contributed by atoms with Crippen LogP contribution in [0.3, 0.4) is 0 Å². The number of likely N-dealkylation sites (tertiary alicyclic amines) is 1. The molecule has 7 nitrogen and oxygen atoms in total. The molecule has 1 aromatic carbocycles. The van der Waals surface area contributed by atoms with E-state index >= 15 is 0 Å². The summed E-state index contributed by atoms with van der Waals surface area (Å²) >= 11 is 0. The molecule has 3 rings (SSSR count). The number of methoxy groups -OCH3 is 1. The number of nitrogens with two attached hydrogens (primary N) is 1. The highest BCUT2D eigenvalue weighted by atomic mass is 16.5. The van der Waals surface area contributed by atoms with Gasteiger partial charge in [-0.3, -0.25) is 9.59 Å². The Hall–Kier alpha value is -2.38. The average molecular weight is 331 g/mol. The number of carbonyl (C=O) groups excluding carboxylic acids is 1. The van der Waals surface area contributed by atoms with Crippen LogP contribution in [0.4, 0.5) is 0 Å². The number of ether oxygens (including phenoxy) is 1. The van der Waals surface area contributed by atoms with Crippen molar-refractivity contribution in [2.75, 3.05) is 26.7 Å². The number of aromatic amines is 1. The quantitative estimate of drug-likeness (QED) is 0.757. The van der Waals surface area contributed by atoms with E-state index in [1.807, 2.05) is 0 Å². The topological polar surface area (TPSA) is 109 Å². The number of aliphatic hydroxyl groups is 1. The summed E-state index contributed by atoms with van der Waals surface area (Å²) < 4.78 is 5.13. The molecule has 0 spiro atoms. The number of carbonyl (C=O) groups is 1. The van der Waals surface area contributed by atoms with Gasteiger partial charge in [0.05, 0.1) is 18.2 Å². The number of aromatic nitrogens is 1. The number of nitrogens with zero attached hydrogens (tertiary/aromatic N) is 1. The van der Waals surface area contributed by atoms with E-state index in [0.717, 1.165) is 0 Å². The third-order valence-electron chi connectivity index (χ3n) is 4.68. The smallest absolute Gasteiger partial charge is 0.259 e. The number of hydrogen-bond acceptors (Lipinski definition) is 5. The van der Waals surface area contributed by atoms with E-state index in [1.165, 1.54) is 6.20 Å². The number of amides is 1. The number of hydrogen-bond donors (Lipinski definition) is 3. The Balaban J connectivity index is 1.88. The summed E-state index contributed by atoms with van der Waals surface area (Å²) in [6.45, 7) is 0.937. The molecular weight excluding hydrogens is 310 g/mol. The molecule has 0 atom stereocenters. The van der Waals surface area contributed by atoms with Crippen molar-refractivity contribution < 1.29 is 14.6 Å². The lowest BCUT2D eigenvalue weighted by atomic mass is 9.91. The Labute approximate surface area is 139 Å². The fraction of sp³-hybridized carbons (Fsp3) is 0.412. The molecular formula is C17H21N3O4. The van der Waals surface area contributed by atoms with E-state index in [0.29, 0.717) is 42.6 Å². The lowest BCUT2D eigenvalue weighted by molar-refractivity contribution is -0.00954. The van der Waals surface area contributed by atoms with Crippen LogP contribution >= 0.6 is 0 Å².